The molecule has 9 nitrogen and oxygen atoms in total. The number of hydrogen-bond acceptors (Lipinski definition) is 7. The summed E-state index contributed by atoms with van der Waals surface area (Å²) in [5, 5.41) is 2.71. The average molecular weight is 436 g/mol. The van der Waals surface area contributed by atoms with Crippen LogP contribution >= 0.6 is 0 Å². The number of carbonyl (C=O) groups excluding carboxylic acids is 1. The van der Waals surface area contributed by atoms with Crippen LogP contribution in [0.2, 0.25) is 0 Å². The highest BCUT2D eigenvalue weighted by molar-refractivity contribution is 7.89. The summed E-state index contributed by atoms with van der Waals surface area (Å²) in [4.78, 5) is 12.9. The maximum Gasteiger partial charge on any atom is 0.259 e. The van der Waals surface area contributed by atoms with Gasteiger partial charge in [0.25, 0.3) is 5.91 Å². The third-order valence-electron chi connectivity index (χ3n) is 4.68. The molecule has 1 amide bonds. The second kappa shape index (κ2) is 9.33. The fraction of sp³-hybridized carbons (Fsp3) is 0.350. The summed E-state index contributed by atoms with van der Waals surface area (Å²) < 4.78 is 48.2. The molecule has 1 aliphatic heterocycles. The van der Waals surface area contributed by atoms with Crippen molar-refractivity contribution in [1.82, 2.24) is 4.31 Å². The maximum absolute atomic E-state index is 12.9. The van der Waals surface area contributed by atoms with Crippen molar-refractivity contribution in [2.45, 2.75) is 4.90 Å². The molecule has 1 N–H and O–H groups in total. The number of anilines is 1. The quantitative estimate of drug-likeness (QED) is 0.708. The van der Waals surface area contributed by atoms with E-state index in [9.17, 15) is 13.2 Å². The monoisotopic (exact) mass is 436 g/mol. The molecule has 0 saturated carbocycles. The summed E-state index contributed by atoms with van der Waals surface area (Å²) in [6, 6.07) is 9.13. The van der Waals surface area contributed by atoms with E-state index in [4.69, 9.17) is 18.9 Å². The zero-order valence-corrected chi connectivity index (χ0v) is 17.8. The summed E-state index contributed by atoms with van der Waals surface area (Å²) in [6.45, 7) is 1.24. The molecule has 162 valence electrons. The zero-order chi connectivity index (χ0) is 21.7. The van der Waals surface area contributed by atoms with E-state index in [0.29, 0.717) is 30.5 Å². The summed E-state index contributed by atoms with van der Waals surface area (Å²) >= 11 is 0. The molecule has 1 saturated heterocycles. The van der Waals surface area contributed by atoms with Crippen LogP contribution in [0.1, 0.15) is 10.4 Å². The van der Waals surface area contributed by atoms with Crippen LogP contribution in [-0.2, 0) is 14.8 Å². The number of benzene rings is 2. The third-order valence-corrected chi connectivity index (χ3v) is 6.57. The standard InChI is InChI=1S/C20H24N2O7S/c1-26-14-4-6-16(19(12-14)28-3)20(23)21-17-13-15(5-7-18(17)27-2)30(24,25)22-8-10-29-11-9-22/h4-7,12-13H,8-11H2,1-3H3,(H,21,23). The number of ether oxygens (including phenoxy) is 4. The van der Waals surface area contributed by atoms with Crippen LogP contribution in [0, 0.1) is 0 Å². The number of nitrogens with zero attached hydrogens (tertiary/aromatic N) is 1. The smallest absolute Gasteiger partial charge is 0.259 e. The van der Waals surface area contributed by atoms with Gasteiger partial charge in [-0.1, -0.05) is 0 Å². The van der Waals surface area contributed by atoms with Crippen molar-refractivity contribution in [3.05, 3.63) is 42.0 Å². The van der Waals surface area contributed by atoms with Gasteiger partial charge in [0, 0.05) is 19.2 Å². The largest absolute Gasteiger partial charge is 0.497 e. The van der Waals surface area contributed by atoms with Crippen LogP contribution < -0.4 is 19.5 Å². The number of methoxy groups -OCH3 is 3. The normalized spacial score (nSPS) is 14.8. The highest BCUT2D eigenvalue weighted by atomic mass is 32.2. The Morgan fingerprint density at radius 2 is 1.67 bits per heavy atom. The number of rotatable bonds is 7. The highest BCUT2D eigenvalue weighted by Gasteiger charge is 2.27. The topological polar surface area (TPSA) is 103 Å². The molecule has 0 aromatic heterocycles. The minimum atomic E-state index is -3.73. The molecular weight excluding hydrogens is 412 g/mol. The summed E-state index contributed by atoms with van der Waals surface area (Å²) in [5.41, 5.74) is 0.497. The van der Waals surface area contributed by atoms with Crippen LogP contribution in [0.4, 0.5) is 5.69 Å². The van der Waals surface area contributed by atoms with Gasteiger partial charge in [-0.2, -0.15) is 4.31 Å². The lowest BCUT2D eigenvalue weighted by Crippen LogP contribution is -2.40. The minimum Gasteiger partial charge on any atom is -0.497 e. The van der Waals surface area contributed by atoms with Gasteiger partial charge < -0.3 is 24.3 Å². The average Bonchev–Trinajstić information content (AvgIpc) is 2.79. The van der Waals surface area contributed by atoms with Gasteiger partial charge in [-0.05, 0) is 30.3 Å². The molecule has 0 aliphatic carbocycles. The lowest BCUT2D eigenvalue weighted by Gasteiger charge is -2.26. The molecule has 1 heterocycles. The van der Waals surface area contributed by atoms with Crippen LogP contribution in [0.3, 0.4) is 0 Å². The number of morpholine rings is 1. The van der Waals surface area contributed by atoms with E-state index in [2.05, 4.69) is 5.32 Å². The van der Waals surface area contributed by atoms with Crippen LogP contribution in [0.25, 0.3) is 0 Å². The highest BCUT2D eigenvalue weighted by Crippen LogP contribution is 2.31. The number of carbonyl (C=O) groups is 1. The second-order valence-corrected chi connectivity index (χ2v) is 8.34. The molecule has 10 heteroatoms. The van der Waals surface area contributed by atoms with Crippen molar-refractivity contribution in [2.75, 3.05) is 52.9 Å². The predicted octanol–water partition coefficient (Wildman–Crippen LogP) is 1.99. The van der Waals surface area contributed by atoms with Crippen molar-refractivity contribution in [3.8, 4) is 17.2 Å². The fourth-order valence-corrected chi connectivity index (χ4v) is 4.49. The predicted molar refractivity (Wildman–Crippen MR) is 110 cm³/mol. The Morgan fingerprint density at radius 3 is 2.30 bits per heavy atom. The Morgan fingerprint density at radius 1 is 0.967 bits per heavy atom. The SMILES string of the molecule is COc1ccc(C(=O)Nc2cc(S(=O)(=O)N3CCOCC3)ccc2OC)c(OC)c1. The molecule has 0 bridgehead atoms. The summed E-state index contributed by atoms with van der Waals surface area (Å²) in [5.74, 6) is 0.716. The van der Waals surface area contributed by atoms with E-state index in [1.807, 2.05) is 0 Å². The first-order chi connectivity index (χ1) is 14.4. The Labute approximate surface area is 175 Å². The van der Waals surface area contributed by atoms with Crippen molar-refractivity contribution in [2.24, 2.45) is 0 Å². The Kier molecular flexibility index (Phi) is 6.80. The molecular formula is C20H24N2O7S. The summed E-state index contributed by atoms with van der Waals surface area (Å²) in [6.07, 6.45) is 0. The molecule has 1 fully saturated rings. The van der Waals surface area contributed by atoms with Crippen molar-refractivity contribution in [1.29, 1.82) is 0 Å². The third kappa shape index (κ3) is 4.50. The molecule has 0 spiro atoms. The number of amides is 1. The van der Waals surface area contributed by atoms with Gasteiger partial charge in [0.1, 0.15) is 17.2 Å². The lowest BCUT2D eigenvalue weighted by atomic mass is 10.1. The van der Waals surface area contributed by atoms with Gasteiger partial charge in [0.05, 0.1) is 50.7 Å². The Hall–Kier alpha value is -2.82. The number of sulfonamides is 1. The zero-order valence-electron chi connectivity index (χ0n) is 17.0. The summed E-state index contributed by atoms with van der Waals surface area (Å²) in [7, 11) is 0.673. The Bertz CT molecular complexity index is 1020. The van der Waals surface area contributed by atoms with Gasteiger partial charge in [-0.25, -0.2) is 8.42 Å². The molecule has 1 aliphatic rings. The van der Waals surface area contributed by atoms with Gasteiger partial charge in [-0.15, -0.1) is 0 Å². The van der Waals surface area contributed by atoms with Gasteiger partial charge in [-0.3, -0.25) is 4.79 Å². The van der Waals surface area contributed by atoms with E-state index in [0.717, 1.165) is 0 Å². The number of hydrogen-bond donors (Lipinski definition) is 1. The lowest BCUT2D eigenvalue weighted by molar-refractivity contribution is 0.0730. The molecule has 0 unspecified atom stereocenters. The first-order valence-electron chi connectivity index (χ1n) is 9.20. The minimum absolute atomic E-state index is 0.0576. The first-order valence-corrected chi connectivity index (χ1v) is 10.6. The molecule has 0 radical (unpaired) electrons. The van der Waals surface area contributed by atoms with Gasteiger partial charge in [0.2, 0.25) is 10.0 Å². The van der Waals surface area contributed by atoms with Crippen LogP contribution in [-0.4, -0.2) is 66.3 Å². The first kappa shape index (κ1) is 21.9. The van der Waals surface area contributed by atoms with Crippen molar-refractivity contribution < 1.29 is 32.2 Å². The van der Waals surface area contributed by atoms with E-state index < -0.39 is 15.9 Å². The Balaban J connectivity index is 1.92. The van der Waals surface area contributed by atoms with E-state index >= 15 is 0 Å². The second-order valence-electron chi connectivity index (χ2n) is 6.40. The van der Waals surface area contributed by atoms with E-state index in [1.165, 1.54) is 43.8 Å². The van der Waals surface area contributed by atoms with Crippen LogP contribution in [0.15, 0.2) is 41.3 Å². The van der Waals surface area contributed by atoms with E-state index in [1.54, 1.807) is 18.2 Å². The van der Waals surface area contributed by atoms with Crippen molar-refractivity contribution in [3.63, 3.8) is 0 Å². The van der Waals surface area contributed by atoms with Crippen LogP contribution in [0.5, 0.6) is 17.2 Å². The van der Waals surface area contributed by atoms with Crippen molar-refractivity contribution >= 4 is 21.6 Å². The molecule has 30 heavy (non-hydrogen) atoms. The molecule has 2 aromatic carbocycles. The maximum atomic E-state index is 12.9. The fourth-order valence-electron chi connectivity index (χ4n) is 3.06. The molecule has 3 rings (SSSR count). The van der Waals surface area contributed by atoms with Gasteiger partial charge in [0.15, 0.2) is 0 Å². The molecule has 2 aromatic rings. The molecule has 0 atom stereocenters. The number of nitrogens with one attached hydrogen (secondary N) is 1. The van der Waals surface area contributed by atoms with Gasteiger partial charge >= 0.3 is 0 Å². The van der Waals surface area contributed by atoms with E-state index in [-0.39, 0.29) is 29.2 Å².